The Morgan fingerprint density at radius 1 is 1.58 bits per heavy atom. The van der Waals surface area contributed by atoms with Crippen LogP contribution in [-0.2, 0) is 9.47 Å². The third kappa shape index (κ3) is 3.17. The number of esters is 1. The zero-order chi connectivity index (χ0) is 13.9. The number of hydrogen-bond acceptors (Lipinski definition) is 5. The number of ether oxygens (including phenoxy) is 2. The molecule has 1 aliphatic rings. The normalized spacial score (nSPS) is 22.2. The molecular formula is C14H20N2O3. The van der Waals surface area contributed by atoms with E-state index in [1.807, 2.05) is 0 Å². The number of carbonyl (C=O) groups is 1. The van der Waals surface area contributed by atoms with Gasteiger partial charge in [0.1, 0.15) is 0 Å². The molecule has 0 aromatic heterocycles. The van der Waals surface area contributed by atoms with E-state index in [1.54, 1.807) is 18.2 Å². The monoisotopic (exact) mass is 264 g/mol. The lowest BCUT2D eigenvalue weighted by Gasteiger charge is -2.24. The molecule has 1 aliphatic heterocycles. The summed E-state index contributed by atoms with van der Waals surface area (Å²) < 4.78 is 10.4. The Hall–Kier alpha value is -1.75. The van der Waals surface area contributed by atoms with Crippen molar-refractivity contribution in [3.05, 3.63) is 23.8 Å². The molecule has 0 radical (unpaired) electrons. The van der Waals surface area contributed by atoms with E-state index in [0.29, 0.717) is 17.8 Å². The molecule has 1 fully saturated rings. The van der Waals surface area contributed by atoms with E-state index in [2.05, 4.69) is 12.2 Å². The fourth-order valence-electron chi connectivity index (χ4n) is 2.21. The molecule has 2 rings (SSSR count). The van der Waals surface area contributed by atoms with Crippen molar-refractivity contribution in [1.82, 2.24) is 0 Å². The Bertz CT molecular complexity index is 468. The minimum absolute atomic E-state index is 0.159. The van der Waals surface area contributed by atoms with E-state index in [-0.39, 0.29) is 11.6 Å². The maximum Gasteiger partial charge on any atom is 0.337 e. The first-order valence-corrected chi connectivity index (χ1v) is 6.40. The molecular weight excluding hydrogens is 244 g/mol. The summed E-state index contributed by atoms with van der Waals surface area (Å²) in [6.07, 6.45) is 2.10. The predicted molar refractivity (Wildman–Crippen MR) is 74.3 cm³/mol. The lowest BCUT2D eigenvalue weighted by molar-refractivity contribution is 0.0315. The van der Waals surface area contributed by atoms with Gasteiger partial charge < -0.3 is 20.5 Å². The van der Waals surface area contributed by atoms with E-state index in [4.69, 9.17) is 15.2 Å². The van der Waals surface area contributed by atoms with Gasteiger partial charge in [-0.1, -0.05) is 0 Å². The van der Waals surface area contributed by atoms with Gasteiger partial charge in [0.25, 0.3) is 0 Å². The quantitative estimate of drug-likeness (QED) is 0.643. The van der Waals surface area contributed by atoms with Crippen molar-refractivity contribution in [1.29, 1.82) is 0 Å². The largest absolute Gasteiger partial charge is 0.465 e. The number of rotatable bonds is 4. The van der Waals surface area contributed by atoms with Gasteiger partial charge in [-0.15, -0.1) is 0 Å². The van der Waals surface area contributed by atoms with Crippen LogP contribution in [0, 0.1) is 0 Å². The van der Waals surface area contributed by atoms with Gasteiger partial charge in [0, 0.05) is 13.2 Å². The molecule has 1 aromatic rings. The first-order valence-electron chi connectivity index (χ1n) is 6.40. The van der Waals surface area contributed by atoms with Crippen molar-refractivity contribution in [3.8, 4) is 0 Å². The minimum atomic E-state index is -0.369. The molecule has 0 bridgehead atoms. The van der Waals surface area contributed by atoms with Gasteiger partial charge >= 0.3 is 5.97 Å². The predicted octanol–water partition coefficient (Wildman–Crippen LogP) is 2.04. The summed E-state index contributed by atoms with van der Waals surface area (Å²) in [5.74, 6) is -0.369. The van der Waals surface area contributed by atoms with Crippen LogP contribution in [0.5, 0.6) is 0 Å². The van der Waals surface area contributed by atoms with Crippen LogP contribution in [0.25, 0.3) is 0 Å². The molecule has 104 valence electrons. The first kappa shape index (κ1) is 13.7. The molecule has 5 heteroatoms. The summed E-state index contributed by atoms with van der Waals surface area (Å²) >= 11 is 0. The summed E-state index contributed by atoms with van der Waals surface area (Å²) in [6, 6.07) is 5.06. The van der Waals surface area contributed by atoms with Crippen molar-refractivity contribution in [2.75, 3.05) is 31.3 Å². The maximum atomic E-state index is 11.5. The molecule has 0 spiro atoms. The molecule has 1 unspecified atom stereocenters. The van der Waals surface area contributed by atoms with Crippen LogP contribution in [0.3, 0.4) is 0 Å². The van der Waals surface area contributed by atoms with Gasteiger partial charge in [-0.05, 0) is 38.0 Å². The van der Waals surface area contributed by atoms with Crippen molar-refractivity contribution in [3.63, 3.8) is 0 Å². The lowest BCUT2D eigenvalue weighted by atomic mass is 10.0. The summed E-state index contributed by atoms with van der Waals surface area (Å²) in [5.41, 5.74) is 7.57. The van der Waals surface area contributed by atoms with Gasteiger partial charge in [-0.25, -0.2) is 4.79 Å². The minimum Gasteiger partial charge on any atom is -0.465 e. The number of nitrogens with two attached hydrogens (primary N) is 1. The number of nitrogens with one attached hydrogen (secondary N) is 1. The SMILES string of the molecule is COC(=O)c1ccc(N)c(NCC2(C)CCCO2)c1. The lowest BCUT2D eigenvalue weighted by Crippen LogP contribution is -2.32. The summed E-state index contributed by atoms with van der Waals surface area (Å²) in [6.45, 7) is 3.55. The Labute approximate surface area is 113 Å². The van der Waals surface area contributed by atoms with Crippen LogP contribution in [0.4, 0.5) is 11.4 Å². The number of anilines is 2. The van der Waals surface area contributed by atoms with Crippen LogP contribution in [0.15, 0.2) is 18.2 Å². The zero-order valence-electron chi connectivity index (χ0n) is 11.4. The fraction of sp³-hybridized carbons (Fsp3) is 0.500. The average molecular weight is 264 g/mol. The van der Waals surface area contributed by atoms with Gasteiger partial charge in [0.05, 0.1) is 29.6 Å². The van der Waals surface area contributed by atoms with E-state index in [0.717, 1.165) is 25.1 Å². The van der Waals surface area contributed by atoms with Crippen molar-refractivity contribution in [2.45, 2.75) is 25.4 Å². The summed E-state index contributed by atoms with van der Waals surface area (Å²) in [7, 11) is 1.36. The molecule has 0 aliphatic carbocycles. The molecule has 0 saturated carbocycles. The number of nitrogen functional groups attached to an aromatic ring is 1. The second-order valence-electron chi connectivity index (χ2n) is 5.05. The van der Waals surface area contributed by atoms with Crippen LogP contribution in [-0.4, -0.2) is 31.8 Å². The molecule has 19 heavy (non-hydrogen) atoms. The Kier molecular flexibility index (Phi) is 3.95. The summed E-state index contributed by atoms with van der Waals surface area (Å²) in [4.78, 5) is 11.5. The van der Waals surface area contributed by atoms with E-state index in [1.165, 1.54) is 7.11 Å². The fourth-order valence-corrected chi connectivity index (χ4v) is 2.21. The third-order valence-corrected chi connectivity index (χ3v) is 3.43. The number of methoxy groups -OCH3 is 1. The molecule has 1 heterocycles. The van der Waals surface area contributed by atoms with Gasteiger partial charge in [-0.2, -0.15) is 0 Å². The number of hydrogen-bond donors (Lipinski definition) is 2. The molecule has 1 saturated heterocycles. The van der Waals surface area contributed by atoms with Crippen molar-refractivity contribution < 1.29 is 14.3 Å². The Morgan fingerprint density at radius 3 is 3.00 bits per heavy atom. The van der Waals surface area contributed by atoms with Crippen LogP contribution >= 0.6 is 0 Å². The van der Waals surface area contributed by atoms with Crippen molar-refractivity contribution >= 4 is 17.3 Å². The van der Waals surface area contributed by atoms with E-state index in [9.17, 15) is 4.79 Å². The van der Waals surface area contributed by atoms with Crippen LogP contribution in [0.1, 0.15) is 30.1 Å². The average Bonchev–Trinajstić information content (AvgIpc) is 2.84. The Balaban J connectivity index is 2.08. The zero-order valence-corrected chi connectivity index (χ0v) is 11.4. The molecule has 3 N–H and O–H groups in total. The summed E-state index contributed by atoms with van der Waals surface area (Å²) in [5, 5.41) is 3.26. The van der Waals surface area contributed by atoms with Gasteiger partial charge in [0.2, 0.25) is 0 Å². The molecule has 5 nitrogen and oxygen atoms in total. The maximum absolute atomic E-state index is 11.5. The highest BCUT2D eigenvalue weighted by Crippen LogP contribution is 2.27. The smallest absolute Gasteiger partial charge is 0.337 e. The molecule has 1 atom stereocenters. The highest BCUT2D eigenvalue weighted by Gasteiger charge is 2.29. The molecule has 1 aromatic carbocycles. The van der Waals surface area contributed by atoms with E-state index < -0.39 is 0 Å². The standard InChI is InChI=1S/C14H20N2O3/c1-14(6-3-7-19-14)9-16-12-8-10(13(17)18-2)4-5-11(12)15/h4-5,8,16H,3,6-7,9,15H2,1-2H3. The highest BCUT2D eigenvalue weighted by atomic mass is 16.5. The highest BCUT2D eigenvalue weighted by molar-refractivity contribution is 5.91. The third-order valence-electron chi connectivity index (χ3n) is 3.43. The van der Waals surface area contributed by atoms with Gasteiger partial charge in [-0.3, -0.25) is 0 Å². The number of benzene rings is 1. The number of carbonyl (C=O) groups excluding carboxylic acids is 1. The van der Waals surface area contributed by atoms with Crippen molar-refractivity contribution in [2.24, 2.45) is 0 Å². The van der Waals surface area contributed by atoms with Gasteiger partial charge in [0.15, 0.2) is 0 Å². The second-order valence-corrected chi connectivity index (χ2v) is 5.05. The van der Waals surface area contributed by atoms with Crippen LogP contribution < -0.4 is 11.1 Å². The molecule has 0 amide bonds. The van der Waals surface area contributed by atoms with Crippen LogP contribution in [0.2, 0.25) is 0 Å². The first-order chi connectivity index (χ1) is 9.04. The second kappa shape index (κ2) is 5.48. The van der Waals surface area contributed by atoms with E-state index >= 15 is 0 Å². The Morgan fingerprint density at radius 2 is 2.37 bits per heavy atom. The topological polar surface area (TPSA) is 73.6 Å².